The van der Waals surface area contributed by atoms with Crippen LogP contribution in [-0.2, 0) is 8.85 Å². The second kappa shape index (κ2) is 7.24. The predicted molar refractivity (Wildman–Crippen MR) is 55.2 cm³/mol. The number of rotatable bonds is 8. The lowest BCUT2D eigenvalue weighted by Gasteiger charge is -2.29. The fourth-order valence-electron chi connectivity index (χ4n) is 1.42. The standard InChI is InChI=1S/C9H19F3O2Si/c1-4-13-15(6-3,14-5-2)7-8(10)9(11)12/h8-9H,4-7H2,1-3H3. The van der Waals surface area contributed by atoms with Crippen LogP contribution < -0.4 is 0 Å². The van der Waals surface area contributed by atoms with Crippen molar-refractivity contribution in [1.82, 2.24) is 0 Å². The van der Waals surface area contributed by atoms with Gasteiger partial charge in [-0.2, -0.15) is 0 Å². The van der Waals surface area contributed by atoms with Gasteiger partial charge in [-0.3, -0.25) is 0 Å². The monoisotopic (exact) mass is 244 g/mol. The molecule has 0 N–H and O–H groups in total. The molecule has 0 aromatic heterocycles. The Morgan fingerprint density at radius 1 is 1.00 bits per heavy atom. The van der Waals surface area contributed by atoms with Gasteiger partial charge in [0.2, 0.25) is 0 Å². The van der Waals surface area contributed by atoms with Crippen LogP contribution in [0.4, 0.5) is 13.2 Å². The first-order valence-corrected chi connectivity index (χ1v) is 7.44. The minimum atomic E-state index is -2.95. The van der Waals surface area contributed by atoms with Gasteiger partial charge >= 0.3 is 8.56 Å². The van der Waals surface area contributed by atoms with E-state index in [1.165, 1.54) is 0 Å². The van der Waals surface area contributed by atoms with Crippen LogP contribution in [-0.4, -0.2) is 34.4 Å². The van der Waals surface area contributed by atoms with Crippen molar-refractivity contribution >= 4 is 8.56 Å². The first kappa shape index (κ1) is 14.9. The molecule has 1 atom stereocenters. The summed E-state index contributed by atoms with van der Waals surface area (Å²) in [6.07, 6.45) is -5.10. The van der Waals surface area contributed by atoms with Crippen molar-refractivity contribution in [1.29, 1.82) is 0 Å². The summed E-state index contributed by atoms with van der Waals surface area (Å²) >= 11 is 0. The van der Waals surface area contributed by atoms with Crippen LogP contribution in [0.25, 0.3) is 0 Å². The molecule has 0 radical (unpaired) electrons. The summed E-state index contributed by atoms with van der Waals surface area (Å²) in [6.45, 7) is 6.04. The van der Waals surface area contributed by atoms with Gasteiger partial charge in [0.15, 0.2) is 6.17 Å². The molecule has 92 valence electrons. The fourth-order valence-corrected chi connectivity index (χ4v) is 4.26. The summed E-state index contributed by atoms with van der Waals surface area (Å²) in [5, 5.41) is 0. The molecule has 0 aromatic rings. The van der Waals surface area contributed by atoms with Crippen LogP contribution in [0.3, 0.4) is 0 Å². The topological polar surface area (TPSA) is 18.5 Å². The number of alkyl halides is 3. The van der Waals surface area contributed by atoms with E-state index in [4.69, 9.17) is 8.85 Å². The third-order valence-electron chi connectivity index (χ3n) is 2.13. The van der Waals surface area contributed by atoms with Crippen molar-refractivity contribution in [3.8, 4) is 0 Å². The van der Waals surface area contributed by atoms with Gasteiger partial charge in [0.1, 0.15) is 0 Å². The summed E-state index contributed by atoms with van der Waals surface area (Å²) < 4.78 is 48.0. The lowest BCUT2D eigenvalue weighted by molar-refractivity contribution is 0.0507. The average molecular weight is 244 g/mol. The van der Waals surface area contributed by atoms with Crippen molar-refractivity contribution < 1.29 is 22.0 Å². The molecule has 0 heterocycles. The van der Waals surface area contributed by atoms with Crippen LogP contribution >= 0.6 is 0 Å². The SMILES string of the molecule is CCO[Si](CC)(CC(F)C(F)F)OCC. The number of hydrogen-bond acceptors (Lipinski definition) is 2. The van der Waals surface area contributed by atoms with E-state index in [9.17, 15) is 13.2 Å². The lowest BCUT2D eigenvalue weighted by Crippen LogP contribution is -2.44. The third kappa shape index (κ3) is 4.99. The highest BCUT2D eigenvalue weighted by Gasteiger charge is 2.40. The van der Waals surface area contributed by atoms with E-state index in [0.29, 0.717) is 19.3 Å². The average Bonchev–Trinajstić information content (AvgIpc) is 2.18. The maximum absolute atomic E-state index is 13.0. The van der Waals surface area contributed by atoms with Crippen molar-refractivity contribution in [3.05, 3.63) is 0 Å². The molecule has 0 aromatic carbocycles. The van der Waals surface area contributed by atoms with E-state index >= 15 is 0 Å². The molecule has 0 amide bonds. The Labute approximate surface area is 90.0 Å². The molecule has 15 heavy (non-hydrogen) atoms. The summed E-state index contributed by atoms with van der Waals surface area (Å²) in [5.41, 5.74) is 0. The summed E-state index contributed by atoms with van der Waals surface area (Å²) in [7, 11) is -2.75. The van der Waals surface area contributed by atoms with E-state index in [1.807, 2.05) is 0 Å². The Balaban J connectivity index is 4.44. The molecule has 0 bridgehead atoms. The zero-order valence-electron chi connectivity index (χ0n) is 9.43. The second-order valence-electron chi connectivity index (χ2n) is 3.18. The Morgan fingerprint density at radius 2 is 1.47 bits per heavy atom. The highest BCUT2D eigenvalue weighted by molar-refractivity contribution is 6.67. The largest absolute Gasteiger partial charge is 0.394 e. The van der Waals surface area contributed by atoms with E-state index in [2.05, 4.69) is 0 Å². The van der Waals surface area contributed by atoms with Crippen LogP contribution in [0.15, 0.2) is 0 Å². The van der Waals surface area contributed by atoms with Crippen molar-refractivity contribution in [3.63, 3.8) is 0 Å². The van der Waals surface area contributed by atoms with Gasteiger partial charge in [0, 0.05) is 19.3 Å². The molecule has 0 spiro atoms. The molecular weight excluding hydrogens is 225 g/mol. The Bertz CT molecular complexity index is 163. The molecule has 0 aliphatic rings. The molecule has 0 rings (SSSR count). The maximum atomic E-state index is 13.0. The van der Waals surface area contributed by atoms with Gasteiger partial charge in [-0.1, -0.05) is 6.92 Å². The van der Waals surface area contributed by atoms with Crippen LogP contribution in [0.5, 0.6) is 0 Å². The van der Waals surface area contributed by atoms with Crippen LogP contribution in [0.2, 0.25) is 12.1 Å². The van der Waals surface area contributed by atoms with Crippen molar-refractivity contribution in [2.75, 3.05) is 13.2 Å². The van der Waals surface area contributed by atoms with Gasteiger partial charge in [-0.25, -0.2) is 13.2 Å². The Hall–Kier alpha value is -0.0731. The van der Waals surface area contributed by atoms with Crippen LogP contribution in [0, 0.1) is 0 Å². The Morgan fingerprint density at radius 3 is 1.73 bits per heavy atom. The summed E-state index contributed by atoms with van der Waals surface area (Å²) in [5.74, 6) is 0. The number of hydrogen-bond donors (Lipinski definition) is 0. The van der Waals surface area contributed by atoms with Gasteiger partial charge in [0.05, 0.1) is 0 Å². The zero-order chi connectivity index (χ0) is 11.9. The van der Waals surface area contributed by atoms with Gasteiger partial charge in [-0.15, -0.1) is 0 Å². The van der Waals surface area contributed by atoms with E-state index in [0.717, 1.165) is 0 Å². The lowest BCUT2D eigenvalue weighted by atomic mass is 10.5. The molecule has 0 saturated carbocycles. The summed E-state index contributed by atoms with van der Waals surface area (Å²) in [6, 6.07) is 0.199. The Kier molecular flexibility index (Phi) is 7.21. The van der Waals surface area contributed by atoms with Crippen molar-refractivity contribution in [2.45, 2.75) is 45.5 Å². The molecule has 1 unspecified atom stereocenters. The van der Waals surface area contributed by atoms with E-state index in [-0.39, 0.29) is 6.04 Å². The minimum Gasteiger partial charge on any atom is -0.394 e. The van der Waals surface area contributed by atoms with E-state index < -0.39 is 21.2 Å². The first-order valence-electron chi connectivity index (χ1n) is 5.21. The van der Waals surface area contributed by atoms with Gasteiger partial charge in [0.25, 0.3) is 6.43 Å². The molecule has 0 aliphatic heterocycles. The molecule has 0 aliphatic carbocycles. The quantitative estimate of drug-likeness (QED) is 0.611. The molecule has 6 heteroatoms. The van der Waals surface area contributed by atoms with Gasteiger partial charge < -0.3 is 8.85 Å². The first-order chi connectivity index (χ1) is 7.01. The zero-order valence-corrected chi connectivity index (χ0v) is 10.4. The smallest absolute Gasteiger partial charge is 0.341 e. The van der Waals surface area contributed by atoms with Crippen LogP contribution in [0.1, 0.15) is 20.8 Å². The molecular formula is C9H19F3O2Si. The second-order valence-corrected chi connectivity index (χ2v) is 6.70. The molecule has 0 fully saturated rings. The van der Waals surface area contributed by atoms with E-state index in [1.54, 1.807) is 20.8 Å². The van der Waals surface area contributed by atoms with Gasteiger partial charge in [-0.05, 0) is 19.9 Å². The summed E-state index contributed by atoms with van der Waals surface area (Å²) in [4.78, 5) is 0. The third-order valence-corrected chi connectivity index (χ3v) is 5.85. The molecule has 0 saturated heterocycles. The highest BCUT2D eigenvalue weighted by Crippen LogP contribution is 2.25. The molecule has 2 nitrogen and oxygen atoms in total. The highest BCUT2D eigenvalue weighted by atomic mass is 28.4. The van der Waals surface area contributed by atoms with Crippen molar-refractivity contribution in [2.24, 2.45) is 0 Å². The number of halogens is 3. The minimum absolute atomic E-state index is 0.289. The maximum Gasteiger partial charge on any atom is 0.341 e. The normalized spacial score (nSPS) is 14.6. The predicted octanol–water partition coefficient (Wildman–Crippen LogP) is 3.12. The fraction of sp³-hybridized carbons (Fsp3) is 1.00.